The van der Waals surface area contributed by atoms with Crippen molar-refractivity contribution in [3.8, 4) is 0 Å². The van der Waals surface area contributed by atoms with E-state index in [2.05, 4.69) is 19.2 Å². The summed E-state index contributed by atoms with van der Waals surface area (Å²) in [5.74, 6) is -1.29. The van der Waals surface area contributed by atoms with Gasteiger partial charge >= 0.3 is 5.97 Å². The van der Waals surface area contributed by atoms with Crippen LogP contribution >= 0.6 is 0 Å². The van der Waals surface area contributed by atoms with Gasteiger partial charge in [0.25, 0.3) is 5.69 Å². The van der Waals surface area contributed by atoms with Crippen molar-refractivity contribution < 1.29 is 14.8 Å². The summed E-state index contributed by atoms with van der Waals surface area (Å²) < 4.78 is 0. The first-order valence-corrected chi connectivity index (χ1v) is 7.27. The van der Waals surface area contributed by atoms with Crippen LogP contribution < -0.4 is 5.32 Å². The number of aromatic carboxylic acids is 1. The lowest BCUT2D eigenvalue weighted by molar-refractivity contribution is -0.385. The van der Waals surface area contributed by atoms with Crippen molar-refractivity contribution in [2.24, 2.45) is 0 Å². The average Bonchev–Trinajstić information content (AvgIpc) is 2.44. The molecule has 0 aliphatic heterocycles. The van der Waals surface area contributed by atoms with Gasteiger partial charge in [-0.25, -0.2) is 4.79 Å². The van der Waals surface area contributed by atoms with Crippen LogP contribution in [0.4, 0.5) is 11.4 Å². The number of carbonyl (C=O) groups is 1. The third-order valence-electron chi connectivity index (χ3n) is 3.34. The number of hydrogen-bond acceptors (Lipinski definition) is 4. The molecule has 0 heterocycles. The lowest BCUT2D eigenvalue weighted by Gasteiger charge is -2.19. The molecule has 1 rings (SSSR count). The number of benzene rings is 1. The molecule has 0 saturated heterocycles. The summed E-state index contributed by atoms with van der Waals surface area (Å²) in [4.78, 5) is 21.3. The summed E-state index contributed by atoms with van der Waals surface area (Å²) in [6, 6.07) is 4.43. The van der Waals surface area contributed by atoms with E-state index in [0.29, 0.717) is 5.69 Å². The first-order valence-electron chi connectivity index (χ1n) is 7.27. The van der Waals surface area contributed by atoms with Crippen LogP contribution in [0.3, 0.4) is 0 Å². The van der Waals surface area contributed by atoms with Gasteiger partial charge in [0.15, 0.2) is 0 Å². The Morgan fingerprint density at radius 2 is 2.05 bits per heavy atom. The highest BCUT2D eigenvalue weighted by atomic mass is 16.6. The number of unbranched alkanes of at least 4 members (excludes halogenated alkanes) is 1. The van der Waals surface area contributed by atoms with Gasteiger partial charge in [-0.15, -0.1) is 0 Å². The summed E-state index contributed by atoms with van der Waals surface area (Å²) in [6.07, 6.45) is 5.19. The maximum Gasteiger partial charge on any atom is 0.342 e. The van der Waals surface area contributed by atoms with Crippen molar-refractivity contribution in [1.82, 2.24) is 0 Å². The minimum absolute atomic E-state index is 0.255. The summed E-state index contributed by atoms with van der Waals surface area (Å²) in [7, 11) is 0. The molecule has 116 valence electrons. The number of carboxylic acids is 1. The van der Waals surface area contributed by atoms with Crippen molar-refractivity contribution in [3.63, 3.8) is 0 Å². The molecule has 0 aliphatic carbocycles. The standard InChI is InChI=1S/C15H22N2O4/c1-3-5-7-11(6-4-2)16-12-8-9-13(15(18)19)14(10-12)17(20)21/h8-11,16H,3-7H2,1-2H3,(H,18,19). The van der Waals surface area contributed by atoms with Gasteiger partial charge in [0.1, 0.15) is 5.56 Å². The van der Waals surface area contributed by atoms with Crippen LogP contribution in [0, 0.1) is 10.1 Å². The van der Waals surface area contributed by atoms with E-state index in [-0.39, 0.29) is 17.3 Å². The highest BCUT2D eigenvalue weighted by Crippen LogP contribution is 2.25. The molecule has 0 fully saturated rings. The molecule has 0 amide bonds. The molecule has 0 saturated carbocycles. The van der Waals surface area contributed by atoms with Crippen LogP contribution in [0.25, 0.3) is 0 Å². The number of carboxylic acid groups (broad SMARTS) is 1. The lowest BCUT2D eigenvalue weighted by atomic mass is 10.0. The van der Waals surface area contributed by atoms with Gasteiger partial charge in [0.05, 0.1) is 4.92 Å². The molecule has 0 spiro atoms. The number of nitrogens with one attached hydrogen (secondary N) is 1. The molecule has 0 aromatic heterocycles. The molecule has 1 atom stereocenters. The molecule has 0 bridgehead atoms. The first-order chi connectivity index (χ1) is 9.99. The zero-order chi connectivity index (χ0) is 15.8. The normalized spacial score (nSPS) is 11.9. The molecule has 21 heavy (non-hydrogen) atoms. The Morgan fingerprint density at radius 1 is 1.33 bits per heavy atom. The fourth-order valence-electron chi connectivity index (χ4n) is 2.28. The smallest absolute Gasteiger partial charge is 0.342 e. The van der Waals surface area contributed by atoms with Crippen LogP contribution in [0.15, 0.2) is 18.2 Å². The van der Waals surface area contributed by atoms with Gasteiger partial charge in [0.2, 0.25) is 0 Å². The van der Waals surface area contributed by atoms with Gasteiger partial charge in [-0.05, 0) is 25.0 Å². The molecule has 1 aromatic rings. The van der Waals surface area contributed by atoms with E-state index in [0.717, 1.165) is 32.1 Å². The number of nitro benzene ring substituents is 1. The minimum Gasteiger partial charge on any atom is -0.477 e. The van der Waals surface area contributed by atoms with Gasteiger partial charge in [-0.2, -0.15) is 0 Å². The number of anilines is 1. The molecule has 1 unspecified atom stereocenters. The van der Waals surface area contributed by atoms with Crippen LogP contribution in [0.1, 0.15) is 56.3 Å². The predicted octanol–water partition coefficient (Wildman–Crippen LogP) is 4.06. The topological polar surface area (TPSA) is 92.5 Å². The van der Waals surface area contributed by atoms with Crippen molar-refractivity contribution >= 4 is 17.3 Å². The second-order valence-corrected chi connectivity index (χ2v) is 5.07. The Labute approximate surface area is 124 Å². The molecule has 2 N–H and O–H groups in total. The molecule has 1 aromatic carbocycles. The van der Waals surface area contributed by atoms with E-state index in [1.807, 2.05) is 0 Å². The Morgan fingerprint density at radius 3 is 2.57 bits per heavy atom. The van der Waals surface area contributed by atoms with Crippen LogP contribution in [0.2, 0.25) is 0 Å². The number of hydrogen-bond donors (Lipinski definition) is 2. The molecular formula is C15H22N2O4. The lowest BCUT2D eigenvalue weighted by Crippen LogP contribution is -2.19. The fourth-order valence-corrected chi connectivity index (χ4v) is 2.28. The Hall–Kier alpha value is -2.11. The molecule has 0 radical (unpaired) electrons. The van der Waals surface area contributed by atoms with E-state index in [1.54, 1.807) is 6.07 Å². The summed E-state index contributed by atoms with van der Waals surface area (Å²) in [6.45, 7) is 4.21. The Kier molecular flexibility index (Phi) is 6.65. The van der Waals surface area contributed by atoms with Crippen LogP contribution in [-0.4, -0.2) is 22.0 Å². The van der Waals surface area contributed by atoms with Crippen LogP contribution in [-0.2, 0) is 0 Å². The maximum atomic E-state index is 11.0. The quantitative estimate of drug-likeness (QED) is 0.529. The second kappa shape index (κ2) is 8.24. The first kappa shape index (κ1) is 16.9. The summed E-state index contributed by atoms with van der Waals surface area (Å²) >= 11 is 0. The maximum absolute atomic E-state index is 11.0. The molecule has 0 aliphatic rings. The van der Waals surface area contributed by atoms with Crippen molar-refractivity contribution in [2.75, 3.05) is 5.32 Å². The monoisotopic (exact) mass is 294 g/mol. The highest BCUT2D eigenvalue weighted by molar-refractivity contribution is 5.93. The van der Waals surface area contributed by atoms with E-state index in [1.165, 1.54) is 12.1 Å². The van der Waals surface area contributed by atoms with E-state index < -0.39 is 10.9 Å². The average molecular weight is 294 g/mol. The van der Waals surface area contributed by atoms with Gasteiger partial charge in [-0.1, -0.05) is 33.1 Å². The predicted molar refractivity (Wildman–Crippen MR) is 81.9 cm³/mol. The van der Waals surface area contributed by atoms with Gasteiger partial charge in [0, 0.05) is 17.8 Å². The largest absolute Gasteiger partial charge is 0.477 e. The number of nitro groups is 1. The third kappa shape index (κ3) is 5.06. The molecule has 6 heteroatoms. The summed E-state index contributed by atoms with van der Waals surface area (Å²) in [5, 5.41) is 23.2. The highest BCUT2D eigenvalue weighted by Gasteiger charge is 2.20. The van der Waals surface area contributed by atoms with E-state index >= 15 is 0 Å². The Bertz CT molecular complexity index is 502. The van der Waals surface area contributed by atoms with Gasteiger partial charge in [-0.3, -0.25) is 10.1 Å². The second-order valence-electron chi connectivity index (χ2n) is 5.07. The van der Waals surface area contributed by atoms with Crippen molar-refractivity contribution in [3.05, 3.63) is 33.9 Å². The third-order valence-corrected chi connectivity index (χ3v) is 3.34. The van der Waals surface area contributed by atoms with Crippen LogP contribution in [0.5, 0.6) is 0 Å². The van der Waals surface area contributed by atoms with E-state index in [4.69, 9.17) is 5.11 Å². The van der Waals surface area contributed by atoms with Gasteiger partial charge < -0.3 is 10.4 Å². The zero-order valence-electron chi connectivity index (χ0n) is 12.5. The van der Waals surface area contributed by atoms with E-state index in [9.17, 15) is 14.9 Å². The Balaban J connectivity index is 2.94. The molecular weight excluding hydrogens is 272 g/mol. The zero-order valence-corrected chi connectivity index (χ0v) is 12.5. The SMILES string of the molecule is CCCCC(CCC)Nc1ccc(C(=O)O)c([N+](=O)[O-])c1. The van der Waals surface area contributed by atoms with Crippen molar-refractivity contribution in [1.29, 1.82) is 0 Å². The minimum atomic E-state index is -1.29. The van der Waals surface area contributed by atoms with Crippen molar-refractivity contribution in [2.45, 2.75) is 52.0 Å². The number of nitrogens with zero attached hydrogens (tertiary/aromatic N) is 1. The molecule has 6 nitrogen and oxygen atoms in total. The summed E-state index contributed by atoms with van der Waals surface area (Å²) in [5.41, 5.74) is -0.0642. The fraction of sp³-hybridized carbons (Fsp3) is 0.533. The number of rotatable bonds is 9.